The number of halogens is 1. The van der Waals surface area contributed by atoms with E-state index >= 15 is 0 Å². The Morgan fingerprint density at radius 2 is 2.00 bits per heavy atom. The van der Waals surface area contributed by atoms with Crippen LogP contribution >= 0.6 is 0 Å². The number of alkyl halides is 1. The van der Waals surface area contributed by atoms with Crippen molar-refractivity contribution in [3.05, 3.63) is 17.0 Å². The molecule has 1 aromatic heterocycles. The lowest BCUT2D eigenvalue weighted by Crippen LogP contribution is -2.08. The van der Waals surface area contributed by atoms with E-state index in [9.17, 15) is 9.18 Å². The van der Waals surface area contributed by atoms with Gasteiger partial charge in [-0.25, -0.2) is 4.39 Å². The maximum atomic E-state index is 12.4. The summed E-state index contributed by atoms with van der Waals surface area (Å²) < 4.78 is 14.0. The molecule has 1 rings (SSSR count). The number of carbonyl (C=O) groups is 1. The van der Waals surface area contributed by atoms with Gasteiger partial charge in [-0.2, -0.15) is 5.10 Å². The van der Waals surface area contributed by atoms with E-state index in [1.165, 1.54) is 0 Å². The van der Waals surface area contributed by atoms with Crippen LogP contribution in [0.15, 0.2) is 0 Å². The SMILES string of the molecule is CCC(=O)c1c(CC)nn(CCF)c1CC. The number of carbonyl (C=O) groups excluding carboxylic acids is 1. The van der Waals surface area contributed by atoms with Gasteiger partial charge in [-0.3, -0.25) is 9.48 Å². The normalized spacial score (nSPS) is 10.8. The zero-order valence-electron chi connectivity index (χ0n) is 10.2. The topological polar surface area (TPSA) is 34.9 Å². The highest BCUT2D eigenvalue weighted by molar-refractivity contribution is 5.98. The summed E-state index contributed by atoms with van der Waals surface area (Å²) in [5.41, 5.74) is 2.40. The number of rotatable bonds is 6. The Bertz CT molecular complexity index is 371. The second-order valence-electron chi connectivity index (χ2n) is 3.66. The minimum Gasteiger partial charge on any atom is -0.294 e. The Balaban J connectivity index is 3.25. The Kier molecular flexibility index (Phi) is 4.65. The van der Waals surface area contributed by atoms with Gasteiger partial charge in [-0.1, -0.05) is 20.8 Å². The highest BCUT2D eigenvalue weighted by Gasteiger charge is 2.19. The number of aromatic nitrogens is 2. The summed E-state index contributed by atoms with van der Waals surface area (Å²) in [5, 5.41) is 4.31. The van der Waals surface area contributed by atoms with Gasteiger partial charge in [0.1, 0.15) is 6.67 Å². The van der Waals surface area contributed by atoms with Gasteiger partial charge in [0.25, 0.3) is 0 Å². The van der Waals surface area contributed by atoms with E-state index in [2.05, 4.69) is 5.10 Å². The fourth-order valence-corrected chi connectivity index (χ4v) is 1.92. The molecule has 0 aromatic carbocycles. The molecule has 0 fully saturated rings. The van der Waals surface area contributed by atoms with E-state index in [-0.39, 0.29) is 12.3 Å². The zero-order valence-corrected chi connectivity index (χ0v) is 10.2. The first kappa shape index (κ1) is 12.9. The van der Waals surface area contributed by atoms with E-state index < -0.39 is 6.67 Å². The van der Waals surface area contributed by atoms with Crippen molar-refractivity contribution < 1.29 is 9.18 Å². The van der Waals surface area contributed by atoms with E-state index in [0.717, 1.165) is 17.0 Å². The molecule has 0 saturated carbocycles. The molecule has 16 heavy (non-hydrogen) atoms. The second-order valence-corrected chi connectivity index (χ2v) is 3.66. The van der Waals surface area contributed by atoms with Crippen LogP contribution in [0.4, 0.5) is 4.39 Å². The summed E-state index contributed by atoms with van der Waals surface area (Å²) in [6, 6.07) is 0. The molecule has 0 atom stereocenters. The molecule has 1 heterocycles. The average molecular weight is 226 g/mol. The third-order valence-corrected chi connectivity index (χ3v) is 2.70. The second kappa shape index (κ2) is 5.77. The van der Waals surface area contributed by atoms with Gasteiger partial charge in [-0.05, 0) is 12.8 Å². The van der Waals surface area contributed by atoms with Crippen molar-refractivity contribution in [2.45, 2.75) is 46.6 Å². The molecule has 0 aliphatic rings. The summed E-state index contributed by atoms with van der Waals surface area (Å²) in [6.45, 7) is 5.57. The molecule has 3 nitrogen and oxygen atoms in total. The van der Waals surface area contributed by atoms with Crippen molar-refractivity contribution in [2.24, 2.45) is 0 Å². The van der Waals surface area contributed by atoms with Gasteiger partial charge in [0.05, 0.1) is 17.8 Å². The van der Waals surface area contributed by atoms with Crippen molar-refractivity contribution in [2.75, 3.05) is 6.67 Å². The molecule has 0 aliphatic carbocycles. The fourth-order valence-electron chi connectivity index (χ4n) is 1.92. The summed E-state index contributed by atoms with van der Waals surface area (Å²) in [5.74, 6) is 0.110. The molecular formula is C12H19FN2O. The minimum absolute atomic E-state index is 0.110. The highest BCUT2D eigenvalue weighted by atomic mass is 19.1. The quantitative estimate of drug-likeness (QED) is 0.699. The molecule has 0 N–H and O–H groups in total. The minimum atomic E-state index is -0.447. The standard InChI is InChI=1S/C12H19FN2O/c1-4-9-12(11(16)6-3)10(5-2)15(14-9)8-7-13/h4-8H2,1-3H3. The van der Waals surface area contributed by atoms with E-state index in [1.54, 1.807) is 4.68 Å². The largest absolute Gasteiger partial charge is 0.294 e. The predicted octanol–water partition coefficient (Wildman–Crippen LogP) is 2.57. The van der Waals surface area contributed by atoms with Crippen LogP contribution in [-0.2, 0) is 19.4 Å². The van der Waals surface area contributed by atoms with E-state index in [4.69, 9.17) is 0 Å². The van der Waals surface area contributed by atoms with Gasteiger partial charge < -0.3 is 0 Å². The summed E-state index contributed by atoms with van der Waals surface area (Å²) in [6.07, 6.45) is 1.91. The van der Waals surface area contributed by atoms with Crippen LogP contribution in [0.1, 0.15) is 48.9 Å². The zero-order chi connectivity index (χ0) is 12.1. The molecule has 0 spiro atoms. The summed E-state index contributed by atoms with van der Waals surface area (Å²) >= 11 is 0. The lowest BCUT2D eigenvalue weighted by atomic mass is 10.0. The fraction of sp³-hybridized carbons (Fsp3) is 0.667. The van der Waals surface area contributed by atoms with E-state index in [1.807, 2.05) is 20.8 Å². The van der Waals surface area contributed by atoms with Gasteiger partial charge in [0.15, 0.2) is 5.78 Å². The molecule has 0 saturated heterocycles. The molecule has 0 bridgehead atoms. The molecule has 0 aliphatic heterocycles. The Labute approximate surface area is 95.7 Å². The van der Waals surface area contributed by atoms with Crippen LogP contribution in [0.3, 0.4) is 0 Å². The molecule has 0 amide bonds. The van der Waals surface area contributed by atoms with Crippen molar-refractivity contribution in [3.8, 4) is 0 Å². The van der Waals surface area contributed by atoms with Gasteiger partial charge in [0, 0.05) is 12.1 Å². The summed E-state index contributed by atoms with van der Waals surface area (Å²) in [4.78, 5) is 11.8. The molecule has 0 radical (unpaired) electrons. The predicted molar refractivity (Wildman–Crippen MR) is 61.6 cm³/mol. The maximum Gasteiger partial charge on any atom is 0.166 e. The van der Waals surface area contributed by atoms with Crippen molar-refractivity contribution in [1.29, 1.82) is 0 Å². The Hall–Kier alpha value is -1.19. The van der Waals surface area contributed by atoms with E-state index in [0.29, 0.717) is 19.3 Å². The molecular weight excluding hydrogens is 207 g/mol. The lowest BCUT2D eigenvalue weighted by Gasteiger charge is -2.04. The molecule has 0 unspecified atom stereocenters. The van der Waals surface area contributed by atoms with Crippen LogP contribution < -0.4 is 0 Å². The lowest BCUT2D eigenvalue weighted by molar-refractivity contribution is 0.0986. The first-order chi connectivity index (χ1) is 7.69. The first-order valence-electron chi connectivity index (χ1n) is 5.87. The van der Waals surface area contributed by atoms with Crippen LogP contribution in [0.25, 0.3) is 0 Å². The number of aryl methyl sites for hydroxylation is 2. The van der Waals surface area contributed by atoms with Crippen LogP contribution in [-0.4, -0.2) is 22.2 Å². The monoisotopic (exact) mass is 226 g/mol. The van der Waals surface area contributed by atoms with Gasteiger partial charge in [-0.15, -0.1) is 0 Å². The van der Waals surface area contributed by atoms with Crippen LogP contribution in [0, 0.1) is 0 Å². The number of hydrogen-bond donors (Lipinski definition) is 0. The van der Waals surface area contributed by atoms with Crippen molar-refractivity contribution in [1.82, 2.24) is 9.78 Å². The van der Waals surface area contributed by atoms with Crippen molar-refractivity contribution >= 4 is 5.78 Å². The maximum absolute atomic E-state index is 12.4. The Morgan fingerprint density at radius 3 is 2.44 bits per heavy atom. The molecule has 1 aromatic rings. The number of ketones is 1. The first-order valence-corrected chi connectivity index (χ1v) is 5.87. The Morgan fingerprint density at radius 1 is 1.31 bits per heavy atom. The van der Waals surface area contributed by atoms with Gasteiger partial charge >= 0.3 is 0 Å². The third kappa shape index (κ3) is 2.31. The van der Waals surface area contributed by atoms with Crippen LogP contribution in [0.5, 0.6) is 0 Å². The summed E-state index contributed by atoms with van der Waals surface area (Å²) in [7, 11) is 0. The smallest absolute Gasteiger partial charge is 0.166 e. The number of Topliss-reactive ketones (excluding diaryl/α,β-unsaturated/α-hetero) is 1. The molecule has 90 valence electrons. The third-order valence-electron chi connectivity index (χ3n) is 2.70. The van der Waals surface area contributed by atoms with Crippen molar-refractivity contribution in [3.63, 3.8) is 0 Å². The molecule has 4 heteroatoms. The average Bonchev–Trinajstić information content (AvgIpc) is 2.66. The number of hydrogen-bond acceptors (Lipinski definition) is 2. The van der Waals surface area contributed by atoms with Crippen LogP contribution in [0.2, 0.25) is 0 Å². The highest BCUT2D eigenvalue weighted by Crippen LogP contribution is 2.18. The van der Waals surface area contributed by atoms with Gasteiger partial charge in [0.2, 0.25) is 0 Å². The number of nitrogens with zero attached hydrogens (tertiary/aromatic N) is 2.